The van der Waals surface area contributed by atoms with Crippen LogP contribution in [-0.2, 0) is 4.79 Å². The highest BCUT2D eigenvalue weighted by molar-refractivity contribution is 5.94. The molecule has 0 bridgehead atoms. The maximum Gasteiger partial charge on any atom is 0.253 e. The minimum Gasteiger partial charge on any atom is -0.369 e. The van der Waals surface area contributed by atoms with Crippen LogP contribution in [0.4, 0.5) is 0 Å². The van der Waals surface area contributed by atoms with Crippen molar-refractivity contribution in [2.75, 3.05) is 14.1 Å². The fraction of sp³-hybridized carbons (Fsp3) is 0.231. The molecule has 2 amide bonds. The number of carbonyl (C=O) groups excluding carboxylic acids is 2. The Balaban J connectivity index is 2.89. The van der Waals surface area contributed by atoms with E-state index in [1.165, 1.54) is 4.90 Å². The Morgan fingerprint density at radius 3 is 2.65 bits per heavy atom. The third-order valence-corrected chi connectivity index (χ3v) is 2.01. The van der Waals surface area contributed by atoms with Gasteiger partial charge in [0.05, 0.1) is 6.42 Å². The fourth-order valence-corrected chi connectivity index (χ4v) is 1.22. The van der Waals surface area contributed by atoms with E-state index in [1.807, 2.05) is 0 Å². The van der Waals surface area contributed by atoms with E-state index in [2.05, 4.69) is 11.8 Å². The predicted octanol–water partition coefficient (Wildman–Crippen LogP) is 0.615. The third-order valence-electron chi connectivity index (χ3n) is 2.01. The van der Waals surface area contributed by atoms with Gasteiger partial charge in [0.1, 0.15) is 0 Å². The molecule has 0 unspecified atom stereocenters. The number of hydrogen-bond donors (Lipinski definition) is 1. The lowest BCUT2D eigenvalue weighted by Crippen LogP contribution is -2.21. The fourth-order valence-electron chi connectivity index (χ4n) is 1.22. The maximum absolute atomic E-state index is 11.7. The van der Waals surface area contributed by atoms with Gasteiger partial charge in [0.25, 0.3) is 5.91 Å². The molecule has 1 aromatic rings. The minimum atomic E-state index is -0.460. The molecule has 0 atom stereocenters. The van der Waals surface area contributed by atoms with Gasteiger partial charge in [-0.3, -0.25) is 9.59 Å². The van der Waals surface area contributed by atoms with Crippen LogP contribution in [0.15, 0.2) is 24.3 Å². The Morgan fingerprint density at radius 1 is 1.35 bits per heavy atom. The quantitative estimate of drug-likeness (QED) is 0.757. The molecule has 1 aromatic carbocycles. The summed E-state index contributed by atoms with van der Waals surface area (Å²) in [7, 11) is 3.38. The van der Waals surface area contributed by atoms with Crippen molar-refractivity contribution in [3.05, 3.63) is 35.4 Å². The average Bonchev–Trinajstić information content (AvgIpc) is 2.28. The maximum atomic E-state index is 11.7. The number of amides is 2. The molecule has 2 N–H and O–H groups in total. The average molecular weight is 230 g/mol. The van der Waals surface area contributed by atoms with E-state index in [0.29, 0.717) is 11.1 Å². The number of hydrogen-bond acceptors (Lipinski definition) is 2. The van der Waals surface area contributed by atoms with Crippen molar-refractivity contribution in [3.63, 3.8) is 0 Å². The zero-order valence-corrected chi connectivity index (χ0v) is 9.86. The molecule has 4 nitrogen and oxygen atoms in total. The summed E-state index contributed by atoms with van der Waals surface area (Å²) in [5.41, 5.74) is 6.24. The standard InChI is InChI=1S/C13H14N2O2/c1-15(2)13(17)11-7-3-5-10(9-11)6-4-8-12(14)16/h3,5,7,9H,8H2,1-2H3,(H2,14,16). The van der Waals surface area contributed by atoms with E-state index < -0.39 is 5.91 Å². The number of nitrogens with two attached hydrogens (primary N) is 1. The lowest BCUT2D eigenvalue weighted by Gasteiger charge is -2.09. The molecule has 0 aliphatic rings. The summed E-state index contributed by atoms with van der Waals surface area (Å²) in [6, 6.07) is 6.95. The molecule has 0 fully saturated rings. The van der Waals surface area contributed by atoms with Crippen LogP contribution in [0.1, 0.15) is 22.3 Å². The zero-order valence-electron chi connectivity index (χ0n) is 9.86. The van der Waals surface area contributed by atoms with Gasteiger partial charge < -0.3 is 10.6 Å². The molecular formula is C13H14N2O2. The number of benzene rings is 1. The van der Waals surface area contributed by atoms with Crippen LogP contribution in [-0.4, -0.2) is 30.8 Å². The Labute approximate surface area is 100 Å². The minimum absolute atomic E-state index is 0.0197. The van der Waals surface area contributed by atoms with Gasteiger partial charge in [-0.05, 0) is 18.2 Å². The molecule has 0 aliphatic heterocycles. The van der Waals surface area contributed by atoms with Crippen molar-refractivity contribution in [2.45, 2.75) is 6.42 Å². The van der Waals surface area contributed by atoms with Gasteiger partial charge >= 0.3 is 0 Å². The zero-order chi connectivity index (χ0) is 12.8. The van der Waals surface area contributed by atoms with Crippen molar-refractivity contribution in [3.8, 4) is 11.8 Å². The van der Waals surface area contributed by atoms with Crippen LogP contribution in [0.5, 0.6) is 0 Å². The highest BCUT2D eigenvalue weighted by atomic mass is 16.2. The van der Waals surface area contributed by atoms with Gasteiger partial charge in [-0.15, -0.1) is 0 Å². The van der Waals surface area contributed by atoms with Gasteiger partial charge in [0, 0.05) is 25.2 Å². The Morgan fingerprint density at radius 2 is 2.06 bits per heavy atom. The summed E-state index contributed by atoms with van der Waals surface area (Å²) >= 11 is 0. The van der Waals surface area contributed by atoms with Crippen LogP contribution in [0, 0.1) is 11.8 Å². The molecule has 17 heavy (non-hydrogen) atoms. The van der Waals surface area contributed by atoms with Gasteiger partial charge in [-0.1, -0.05) is 17.9 Å². The van der Waals surface area contributed by atoms with E-state index in [-0.39, 0.29) is 12.3 Å². The molecule has 0 aromatic heterocycles. The molecule has 88 valence electrons. The van der Waals surface area contributed by atoms with Crippen molar-refractivity contribution in [1.29, 1.82) is 0 Å². The lowest BCUT2D eigenvalue weighted by molar-refractivity contribution is -0.117. The molecule has 4 heteroatoms. The van der Waals surface area contributed by atoms with Crippen molar-refractivity contribution >= 4 is 11.8 Å². The molecular weight excluding hydrogens is 216 g/mol. The first-order valence-corrected chi connectivity index (χ1v) is 5.09. The summed E-state index contributed by atoms with van der Waals surface area (Å²) in [4.78, 5) is 23.7. The molecule has 0 spiro atoms. The summed E-state index contributed by atoms with van der Waals surface area (Å²) in [6.45, 7) is 0. The van der Waals surface area contributed by atoms with Crippen molar-refractivity contribution < 1.29 is 9.59 Å². The first kappa shape index (κ1) is 12.8. The molecule has 0 radical (unpaired) electrons. The summed E-state index contributed by atoms with van der Waals surface area (Å²) in [5.74, 6) is 4.90. The predicted molar refractivity (Wildman–Crippen MR) is 65.1 cm³/mol. The van der Waals surface area contributed by atoms with E-state index >= 15 is 0 Å². The highest BCUT2D eigenvalue weighted by Crippen LogP contribution is 2.06. The first-order chi connectivity index (χ1) is 8.00. The molecule has 0 heterocycles. The number of nitrogens with zero attached hydrogens (tertiary/aromatic N) is 1. The van der Waals surface area contributed by atoms with E-state index in [4.69, 9.17) is 5.73 Å². The monoisotopic (exact) mass is 230 g/mol. The molecule has 0 saturated heterocycles. The van der Waals surface area contributed by atoms with Crippen LogP contribution in [0.3, 0.4) is 0 Å². The molecule has 1 rings (SSSR count). The van der Waals surface area contributed by atoms with Gasteiger partial charge in [-0.2, -0.15) is 0 Å². The Hall–Kier alpha value is -2.28. The third kappa shape index (κ3) is 3.99. The van der Waals surface area contributed by atoms with Crippen LogP contribution in [0.2, 0.25) is 0 Å². The molecule has 0 aliphatic carbocycles. The Kier molecular flexibility index (Phi) is 4.29. The Bertz CT molecular complexity index is 496. The topological polar surface area (TPSA) is 63.4 Å². The van der Waals surface area contributed by atoms with E-state index in [1.54, 1.807) is 38.4 Å². The second kappa shape index (κ2) is 5.71. The van der Waals surface area contributed by atoms with Gasteiger partial charge in [-0.25, -0.2) is 0 Å². The number of rotatable bonds is 2. The van der Waals surface area contributed by atoms with Gasteiger partial charge in [0.15, 0.2) is 0 Å². The number of primary amides is 1. The molecule has 0 saturated carbocycles. The summed E-state index contributed by atoms with van der Waals surface area (Å²) < 4.78 is 0. The van der Waals surface area contributed by atoms with Crippen LogP contribution >= 0.6 is 0 Å². The highest BCUT2D eigenvalue weighted by Gasteiger charge is 2.07. The van der Waals surface area contributed by atoms with Crippen molar-refractivity contribution in [2.24, 2.45) is 5.73 Å². The summed E-state index contributed by atoms with van der Waals surface area (Å²) in [5, 5.41) is 0. The van der Waals surface area contributed by atoms with E-state index in [9.17, 15) is 9.59 Å². The van der Waals surface area contributed by atoms with Crippen LogP contribution in [0.25, 0.3) is 0 Å². The second-order valence-electron chi connectivity index (χ2n) is 3.73. The van der Waals surface area contributed by atoms with Crippen molar-refractivity contribution in [1.82, 2.24) is 4.90 Å². The first-order valence-electron chi connectivity index (χ1n) is 5.09. The van der Waals surface area contributed by atoms with Gasteiger partial charge in [0.2, 0.25) is 5.91 Å². The second-order valence-corrected chi connectivity index (χ2v) is 3.73. The SMILES string of the molecule is CN(C)C(=O)c1cccc(C#CCC(N)=O)c1. The lowest BCUT2D eigenvalue weighted by atomic mass is 10.1. The largest absolute Gasteiger partial charge is 0.369 e. The summed E-state index contributed by atoms with van der Waals surface area (Å²) in [6.07, 6.45) is 0.0197. The smallest absolute Gasteiger partial charge is 0.253 e. The normalized spacial score (nSPS) is 9.06. The number of carbonyl (C=O) groups is 2. The van der Waals surface area contributed by atoms with Crippen LogP contribution < -0.4 is 5.73 Å². The van der Waals surface area contributed by atoms with E-state index in [0.717, 1.165) is 0 Å².